The lowest BCUT2D eigenvalue weighted by atomic mass is 9.99. The zero-order valence-electron chi connectivity index (χ0n) is 9.96. The number of likely N-dealkylation sites (N-methyl/N-ethyl adjacent to an activating group) is 1. The van der Waals surface area contributed by atoms with Gasteiger partial charge in [0.05, 0.1) is 0 Å². The van der Waals surface area contributed by atoms with Crippen molar-refractivity contribution in [3.63, 3.8) is 0 Å². The first-order valence-corrected chi connectivity index (χ1v) is 6.62. The molecule has 0 aliphatic carbocycles. The van der Waals surface area contributed by atoms with Crippen molar-refractivity contribution in [2.75, 3.05) is 26.7 Å². The Kier molecular flexibility index (Phi) is 4.00. The fourth-order valence-corrected chi connectivity index (χ4v) is 2.71. The minimum atomic E-state index is 0.633. The highest BCUT2D eigenvalue weighted by Gasteiger charge is 2.19. The summed E-state index contributed by atoms with van der Waals surface area (Å²) in [6.45, 7) is 5.56. The third-order valence-corrected chi connectivity index (χ3v) is 3.90. The van der Waals surface area contributed by atoms with Gasteiger partial charge >= 0.3 is 0 Å². The molecule has 1 saturated heterocycles. The molecule has 3 heteroatoms. The largest absolute Gasteiger partial charge is 0.314 e. The predicted octanol–water partition coefficient (Wildman–Crippen LogP) is 2.20. The van der Waals surface area contributed by atoms with Crippen LogP contribution in [0.1, 0.15) is 11.1 Å². The molecule has 16 heavy (non-hydrogen) atoms. The number of nitrogens with one attached hydrogen (secondary N) is 1. The molecule has 0 bridgehead atoms. The van der Waals surface area contributed by atoms with Crippen LogP contribution in [0.15, 0.2) is 22.7 Å². The predicted molar refractivity (Wildman–Crippen MR) is 71.9 cm³/mol. The summed E-state index contributed by atoms with van der Waals surface area (Å²) in [5.74, 6) is 0. The molecule has 1 N–H and O–H groups in total. The normalized spacial score (nSPS) is 22.3. The van der Waals surface area contributed by atoms with Gasteiger partial charge in [-0.1, -0.05) is 22.0 Å². The highest BCUT2D eigenvalue weighted by molar-refractivity contribution is 9.10. The van der Waals surface area contributed by atoms with E-state index in [1.807, 2.05) is 0 Å². The van der Waals surface area contributed by atoms with Gasteiger partial charge in [-0.15, -0.1) is 0 Å². The minimum Gasteiger partial charge on any atom is -0.314 e. The van der Waals surface area contributed by atoms with Crippen molar-refractivity contribution in [1.82, 2.24) is 10.2 Å². The van der Waals surface area contributed by atoms with E-state index in [4.69, 9.17) is 0 Å². The first-order valence-electron chi connectivity index (χ1n) is 5.83. The topological polar surface area (TPSA) is 15.3 Å². The van der Waals surface area contributed by atoms with Crippen LogP contribution in [-0.4, -0.2) is 37.6 Å². The van der Waals surface area contributed by atoms with Gasteiger partial charge in [0.15, 0.2) is 0 Å². The lowest BCUT2D eigenvalue weighted by Gasteiger charge is -2.33. The Hall–Kier alpha value is -0.380. The molecule has 1 aromatic carbocycles. The summed E-state index contributed by atoms with van der Waals surface area (Å²) in [5.41, 5.74) is 2.84. The summed E-state index contributed by atoms with van der Waals surface area (Å²) in [6.07, 6.45) is 1.14. The van der Waals surface area contributed by atoms with Crippen molar-refractivity contribution in [3.05, 3.63) is 33.8 Å². The van der Waals surface area contributed by atoms with Gasteiger partial charge in [0, 0.05) is 30.1 Å². The lowest BCUT2D eigenvalue weighted by molar-refractivity contribution is 0.199. The van der Waals surface area contributed by atoms with Gasteiger partial charge in [0.2, 0.25) is 0 Å². The maximum Gasteiger partial charge on any atom is 0.0258 e. The SMILES string of the molecule is Cc1cc(Br)ccc1CC1CNCCN1C. The van der Waals surface area contributed by atoms with Crippen LogP contribution in [0.4, 0.5) is 0 Å². The van der Waals surface area contributed by atoms with Crippen molar-refractivity contribution in [2.45, 2.75) is 19.4 Å². The minimum absolute atomic E-state index is 0.633. The van der Waals surface area contributed by atoms with E-state index in [1.165, 1.54) is 15.6 Å². The van der Waals surface area contributed by atoms with Crippen molar-refractivity contribution < 1.29 is 0 Å². The van der Waals surface area contributed by atoms with Gasteiger partial charge in [-0.2, -0.15) is 0 Å². The maximum absolute atomic E-state index is 3.51. The summed E-state index contributed by atoms with van der Waals surface area (Å²) in [5, 5.41) is 3.47. The Balaban J connectivity index is 2.07. The molecular formula is C13H19BrN2. The van der Waals surface area contributed by atoms with Crippen molar-refractivity contribution in [1.29, 1.82) is 0 Å². The molecule has 1 heterocycles. The van der Waals surface area contributed by atoms with E-state index in [9.17, 15) is 0 Å². The van der Waals surface area contributed by atoms with Crippen LogP contribution >= 0.6 is 15.9 Å². The van der Waals surface area contributed by atoms with E-state index in [2.05, 4.69) is 58.3 Å². The van der Waals surface area contributed by atoms with E-state index < -0.39 is 0 Å². The summed E-state index contributed by atoms with van der Waals surface area (Å²) >= 11 is 3.51. The number of aryl methyl sites for hydroxylation is 1. The van der Waals surface area contributed by atoms with Crippen LogP contribution in [0, 0.1) is 6.92 Å². The summed E-state index contributed by atoms with van der Waals surface area (Å²) < 4.78 is 1.17. The average Bonchev–Trinajstić information content (AvgIpc) is 2.25. The lowest BCUT2D eigenvalue weighted by Crippen LogP contribution is -2.50. The first kappa shape index (κ1) is 12.1. The monoisotopic (exact) mass is 282 g/mol. The van der Waals surface area contributed by atoms with Crippen LogP contribution in [0.2, 0.25) is 0 Å². The second-order valence-electron chi connectivity index (χ2n) is 4.61. The van der Waals surface area contributed by atoms with E-state index in [0.29, 0.717) is 6.04 Å². The molecule has 0 amide bonds. The van der Waals surface area contributed by atoms with Crippen molar-refractivity contribution in [2.24, 2.45) is 0 Å². The highest BCUT2D eigenvalue weighted by Crippen LogP contribution is 2.18. The van der Waals surface area contributed by atoms with Crippen LogP contribution in [-0.2, 0) is 6.42 Å². The fraction of sp³-hybridized carbons (Fsp3) is 0.538. The van der Waals surface area contributed by atoms with Crippen LogP contribution in [0.5, 0.6) is 0 Å². The molecular weight excluding hydrogens is 264 g/mol. The zero-order chi connectivity index (χ0) is 11.5. The van der Waals surface area contributed by atoms with Crippen LogP contribution < -0.4 is 5.32 Å². The highest BCUT2D eigenvalue weighted by atomic mass is 79.9. The molecule has 1 aromatic rings. The number of piperazine rings is 1. The van der Waals surface area contributed by atoms with Gasteiger partial charge in [0.1, 0.15) is 0 Å². The molecule has 1 atom stereocenters. The van der Waals surface area contributed by atoms with Crippen molar-refractivity contribution in [3.8, 4) is 0 Å². The Labute approximate surface area is 106 Å². The Morgan fingerprint density at radius 1 is 1.50 bits per heavy atom. The zero-order valence-corrected chi connectivity index (χ0v) is 11.5. The number of nitrogens with zero attached hydrogens (tertiary/aromatic N) is 1. The molecule has 88 valence electrons. The molecule has 1 aliphatic heterocycles. The Bertz CT molecular complexity index is 365. The third kappa shape index (κ3) is 2.84. The smallest absolute Gasteiger partial charge is 0.0258 e. The van der Waals surface area contributed by atoms with Crippen LogP contribution in [0.25, 0.3) is 0 Å². The second kappa shape index (κ2) is 5.30. The third-order valence-electron chi connectivity index (χ3n) is 3.40. The molecule has 0 saturated carbocycles. The van der Waals surface area contributed by atoms with E-state index in [0.717, 1.165) is 26.1 Å². The molecule has 0 aromatic heterocycles. The number of halogens is 1. The molecule has 0 spiro atoms. The summed E-state index contributed by atoms with van der Waals surface area (Å²) in [4.78, 5) is 2.46. The standard InChI is InChI=1S/C13H19BrN2/c1-10-7-12(14)4-3-11(10)8-13-9-15-5-6-16(13)2/h3-4,7,13,15H,5-6,8-9H2,1-2H3. The maximum atomic E-state index is 3.51. The van der Waals surface area contributed by atoms with Gasteiger partial charge in [-0.3, -0.25) is 0 Å². The molecule has 1 aliphatic rings. The molecule has 2 nitrogen and oxygen atoms in total. The molecule has 2 rings (SSSR count). The van der Waals surface area contributed by atoms with Gasteiger partial charge in [-0.25, -0.2) is 0 Å². The average molecular weight is 283 g/mol. The number of hydrogen-bond donors (Lipinski definition) is 1. The number of rotatable bonds is 2. The fourth-order valence-electron chi connectivity index (χ4n) is 2.23. The van der Waals surface area contributed by atoms with Gasteiger partial charge in [0.25, 0.3) is 0 Å². The summed E-state index contributed by atoms with van der Waals surface area (Å²) in [7, 11) is 2.22. The quantitative estimate of drug-likeness (QED) is 0.895. The van der Waals surface area contributed by atoms with E-state index in [-0.39, 0.29) is 0 Å². The second-order valence-corrected chi connectivity index (χ2v) is 5.53. The van der Waals surface area contributed by atoms with Crippen molar-refractivity contribution >= 4 is 15.9 Å². The van der Waals surface area contributed by atoms with Crippen LogP contribution in [0.3, 0.4) is 0 Å². The first-order chi connectivity index (χ1) is 7.66. The number of benzene rings is 1. The van der Waals surface area contributed by atoms with E-state index in [1.54, 1.807) is 0 Å². The molecule has 1 fully saturated rings. The molecule has 1 unspecified atom stereocenters. The van der Waals surface area contributed by atoms with Gasteiger partial charge in [-0.05, 0) is 43.7 Å². The van der Waals surface area contributed by atoms with E-state index >= 15 is 0 Å². The Morgan fingerprint density at radius 2 is 2.31 bits per heavy atom. The molecule has 0 radical (unpaired) electrons. The Morgan fingerprint density at radius 3 is 3.00 bits per heavy atom. The summed E-state index contributed by atoms with van der Waals surface area (Å²) in [6, 6.07) is 7.21. The number of hydrogen-bond acceptors (Lipinski definition) is 2. The van der Waals surface area contributed by atoms with Gasteiger partial charge < -0.3 is 10.2 Å².